The predicted octanol–water partition coefficient (Wildman–Crippen LogP) is 2.61. The zero-order chi connectivity index (χ0) is 22.0. The molecule has 0 saturated carbocycles. The lowest BCUT2D eigenvalue weighted by molar-refractivity contribution is -0.142. The number of carbonyl (C=O) groups is 2. The van der Waals surface area contributed by atoms with E-state index in [0.29, 0.717) is 22.3 Å². The number of carboxylic acid groups (broad SMARTS) is 1. The van der Waals surface area contributed by atoms with Gasteiger partial charge in [-0.1, -0.05) is 12.1 Å². The Morgan fingerprint density at radius 1 is 1.17 bits per heavy atom. The zero-order valence-electron chi connectivity index (χ0n) is 16.7. The van der Waals surface area contributed by atoms with Crippen LogP contribution in [0.15, 0.2) is 45.6 Å². The molecule has 3 rings (SSSR count). The summed E-state index contributed by atoms with van der Waals surface area (Å²) in [7, 11) is 1.50. The van der Waals surface area contributed by atoms with Crippen LogP contribution in [0.25, 0.3) is 11.0 Å². The van der Waals surface area contributed by atoms with Crippen LogP contribution in [0.2, 0.25) is 0 Å². The molecule has 1 aromatic heterocycles. The topological polar surface area (TPSA) is 126 Å². The average molecular weight is 411 g/mol. The van der Waals surface area contributed by atoms with E-state index in [1.54, 1.807) is 19.1 Å². The summed E-state index contributed by atoms with van der Waals surface area (Å²) in [6.07, 6.45) is -0.358. The van der Waals surface area contributed by atoms with Gasteiger partial charge in [-0.05, 0) is 54.8 Å². The first kappa shape index (κ1) is 20.9. The Hall–Kier alpha value is -3.81. The van der Waals surface area contributed by atoms with Crippen LogP contribution in [0.1, 0.15) is 28.3 Å². The second kappa shape index (κ2) is 8.28. The number of fused-ring (bicyclic) bond motifs is 1. The maximum absolute atomic E-state index is 12.6. The summed E-state index contributed by atoms with van der Waals surface area (Å²) in [5.41, 5.74) is 1.48. The molecule has 0 aliphatic rings. The standard InChI is InChI=1S/C22H21NO7/c1-11-8-16(29-3)19-12(2)15(22(28)30-17(19)9-11)10-18(25)23-20(21(26)27)13-4-6-14(24)7-5-13/h4-9,20,24H,10H2,1-3H3,(H,23,25)(H,26,27)/t20-/m1/s1. The van der Waals surface area contributed by atoms with Crippen molar-refractivity contribution >= 4 is 22.8 Å². The summed E-state index contributed by atoms with van der Waals surface area (Å²) < 4.78 is 10.8. The number of carbonyl (C=O) groups excluding carboxylic acids is 1. The van der Waals surface area contributed by atoms with Gasteiger partial charge in [0.1, 0.15) is 17.1 Å². The minimum Gasteiger partial charge on any atom is -0.508 e. The molecule has 1 heterocycles. The fourth-order valence-corrected chi connectivity index (χ4v) is 3.33. The van der Waals surface area contributed by atoms with Crippen LogP contribution in [0.5, 0.6) is 11.5 Å². The van der Waals surface area contributed by atoms with Crippen LogP contribution in [-0.4, -0.2) is 29.2 Å². The van der Waals surface area contributed by atoms with Crippen LogP contribution in [0.3, 0.4) is 0 Å². The van der Waals surface area contributed by atoms with E-state index in [4.69, 9.17) is 9.15 Å². The number of ether oxygens (including phenoxy) is 1. The molecule has 0 bridgehead atoms. The molecule has 0 radical (unpaired) electrons. The monoisotopic (exact) mass is 411 g/mol. The van der Waals surface area contributed by atoms with Crippen molar-refractivity contribution < 1.29 is 29.0 Å². The van der Waals surface area contributed by atoms with Gasteiger partial charge in [0.2, 0.25) is 5.91 Å². The molecule has 1 atom stereocenters. The van der Waals surface area contributed by atoms with E-state index >= 15 is 0 Å². The highest BCUT2D eigenvalue weighted by Gasteiger charge is 2.24. The second-order valence-electron chi connectivity index (χ2n) is 6.94. The summed E-state index contributed by atoms with van der Waals surface area (Å²) in [6.45, 7) is 3.53. The molecule has 0 spiro atoms. The quantitative estimate of drug-likeness (QED) is 0.532. The summed E-state index contributed by atoms with van der Waals surface area (Å²) in [5, 5.41) is 21.8. The number of nitrogens with one attached hydrogen (secondary N) is 1. The molecule has 0 saturated heterocycles. The van der Waals surface area contributed by atoms with E-state index in [2.05, 4.69) is 5.32 Å². The fraction of sp³-hybridized carbons (Fsp3) is 0.227. The molecule has 1 amide bonds. The van der Waals surface area contributed by atoms with Crippen molar-refractivity contribution in [1.29, 1.82) is 0 Å². The second-order valence-corrected chi connectivity index (χ2v) is 6.94. The zero-order valence-corrected chi connectivity index (χ0v) is 16.7. The van der Waals surface area contributed by atoms with E-state index in [1.165, 1.54) is 31.4 Å². The Bertz CT molecular complexity index is 1180. The summed E-state index contributed by atoms with van der Waals surface area (Å²) >= 11 is 0. The van der Waals surface area contributed by atoms with Crippen LogP contribution in [0, 0.1) is 13.8 Å². The minimum absolute atomic E-state index is 0.0252. The Morgan fingerprint density at radius 3 is 2.43 bits per heavy atom. The third-order valence-corrected chi connectivity index (χ3v) is 4.82. The molecular weight excluding hydrogens is 390 g/mol. The summed E-state index contributed by atoms with van der Waals surface area (Å²) in [4.78, 5) is 36.7. The third-order valence-electron chi connectivity index (χ3n) is 4.82. The molecule has 2 aromatic carbocycles. The number of phenols is 1. The fourth-order valence-electron chi connectivity index (χ4n) is 3.33. The number of aromatic hydroxyl groups is 1. The molecular formula is C22H21NO7. The van der Waals surface area contributed by atoms with Gasteiger partial charge in [0, 0.05) is 0 Å². The number of benzene rings is 2. The van der Waals surface area contributed by atoms with Gasteiger partial charge in [0.25, 0.3) is 0 Å². The normalized spacial score (nSPS) is 11.8. The predicted molar refractivity (Wildman–Crippen MR) is 109 cm³/mol. The average Bonchev–Trinajstić information content (AvgIpc) is 2.69. The Balaban J connectivity index is 1.94. The number of methoxy groups -OCH3 is 1. The van der Waals surface area contributed by atoms with Gasteiger partial charge in [-0.3, -0.25) is 4.79 Å². The van der Waals surface area contributed by atoms with E-state index < -0.39 is 23.5 Å². The number of hydrogen-bond donors (Lipinski definition) is 3. The Kier molecular flexibility index (Phi) is 5.77. The molecule has 3 aromatic rings. The van der Waals surface area contributed by atoms with Gasteiger partial charge < -0.3 is 24.7 Å². The van der Waals surface area contributed by atoms with Gasteiger partial charge in [0.05, 0.1) is 24.5 Å². The van der Waals surface area contributed by atoms with E-state index in [1.807, 2.05) is 6.92 Å². The van der Waals surface area contributed by atoms with Crippen LogP contribution in [0.4, 0.5) is 0 Å². The van der Waals surface area contributed by atoms with Crippen molar-refractivity contribution in [2.45, 2.75) is 26.3 Å². The maximum Gasteiger partial charge on any atom is 0.340 e. The largest absolute Gasteiger partial charge is 0.508 e. The molecule has 0 unspecified atom stereocenters. The summed E-state index contributed by atoms with van der Waals surface area (Å²) in [5.74, 6) is -1.44. The first-order valence-corrected chi connectivity index (χ1v) is 9.13. The number of carboxylic acids is 1. The molecule has 3 N–H and O–H groups in total. The highest BCUT2D eigenvalue weighted by molar-refractivity contribution is 5.90. The number of rotatable bonds is 6. The van der Waals surface area contributed by atoms with Gasteiger partial charge in [0.15, 0.2) is 6.04 Å². The lowest BCUT2D eigenvalue weighted by atomic mass is 10.0. The molecule has 156 valence electrons. The smallest absolute Gasteiger partial charge is 0.340 e. The van der Waals surface area contributed by atoms with Crippen LogP contribution < -0.4 is 15.7 Å². The van der Waals surface area contributed by atoms with Crippen molar-refractivity contribution in [1.82, 2.24) is 5.32 Å². The van der Waals surface area contributed by atoms with E-state index in [-0.39, 0.29) is 23.3 Å². The van der Waals surface area contributed by atoms with Crippen molar-refractivity contribution in [2.75, 3.05) is 7.11 Å². The van der Waals surface area contributed by atoms with Crippen molar-refractivity contribution in [3.05, 3.63) is 69.1 Å². The third kappa shape index (κ3) is 4.12. The Morgan fingerprint density at radius 2 is 1.83 bits per heavy atom. The SMILES string of the molecule is COc1cc(C)cc2oc(=O)c(CC(=O)N[C@@H](C(=O)O)c3ccc(O)cc3)c(C)c12. The molecule has 8 heteroatoms. The van der Waals surface area contributed by atoms with Gasteiger partial charge in [-0.15, -0.1) is 0 Å². The first-order chi connectivity index (χ1) is 14.2. The molecule has 30 heavy (non-hydrogen) atoms. The molecule has 0 aliphatic heterocycles. The van der Waals surface area contributed by atoms with Gasteiger partial charge in [-0.2, -0.15) is 0 Å². The summed E-state index contributed by atoms with van der Waals surface area (Å²) in [6, 6.07) is 7.63. The highest BCUT2D eigenvalue weighted by Crippen LogP contribution is 2.31. The van der Waals surface area contributed by atoms with Crippen molar-refractivity contribution in [2.24, 2.45) is 0 Å². The molecule has 0 fully saturated rings. The maximum atomic E-state index is 12.6. The van der Waals surface area contributed by atoms with Gasteiger partial charge in [-0.25, -0.2) is 9.59 Å². The van der Waals surface area contributed by atoms with E-state index in [9.17, 15) is 24.6 Å². The first-order valence-electron chi connectivity index (χ1n) is 9.13. The van der Waals surface area contributed by atoms with Gasteiger partial charge >= 0.3 is 11.6 Å². The number of hydrogen-bond acceptors (Lipinski definition) is 6. The Labute approximate surface area is 171 Å². The lowest BCUT2D eigenvalue weighted by Gasteiger charge is -2.16. The van der Waals surface area contributed by atoms with Crippen LogP contribution >= 0.6 is 0 Å². The van der Waals surface area contributed by atoms with Crippen LogP contribution in [-0.2, 0) is 16.0 Å². The highest BCUT2D eigenvalue weighted by atomic mass is 16.5. The number of aliphatic carboxylic acids is 1. The van der Waals surface area contributed by atoms with Crippen molar-refractivity contribution in [3.63, 3.8) is 0 Å². The number of phenolic OH excluding ortho intramolecular Hbond substituents is 1. The van der Waals surface area contributed by atoms with E-state index in [0.717, 1.165) is 5.56 Å². The molecule has 0 aliphatic carbocycles. The number of aryl methyl sites for hydroxylation is 2. The van der Waals surface area contributed by atoms with Crippen molar-refractivity contribution in [3.8, 4) is 11.5 Å². The molecule has 8 nitrogen and oxygen atoms in total. The minimum atomic E-state index is -1.33. The number of amides is 1. The lowest BCUT2D eigenvalue weighted by Crippen LogP contribution is -2.35.